The Labute approximate surface area is 55.2 Å². The van der Waals surface area contributed by atoms with Gasteiger partial charge in [-0.1, -0.05) is 27.7 Å². The molecule has 0 saturated heterocycles. The topological polar surface area (TPSA) is 0 Å². The van der Waals surface area contributed by atoms with Crippen LogP contribution in [0.15, 0.2) is 11.5 Å². The Kier molecular flexibility index (Phi) is 1.67. The molecule has 1 unspecified atom stereocenters. The molecule has 0 amide bonds. The van der Waals surface area contributed by atoms with E-state index in [2.05, 4.69) is 0 Å². The molecule has 0 N–H and O–H groups in total. The van der Waals surface area contributed by atoms with Crippen molar-refractivity contribution in [3.05, 3.63) is 11.5 Å². The van der Waals surface area contributed by atoms with Crippen molar-refractivity contribution in [2.45, 2.75) is 6.42 Å². The van der Waals surface area contributed by atoms with E-state index >= 15 is 0 Å². The van der Waals surface area contributed by atoms with Crippen LogP contribution in [-0.4, -0.2) is 4.20 Å². The lowest BCUT2D eigenvalue weighted by atomic mass is 10.5. The third-order valence-electron chi connectivity index (χ3n) is 0.729. The zero-order chi connectivity index (χ0) is 5.28. The fraction of sp³-hybridized carbons (Fsp3) is 0.250. The van der Waals surface area contributed by atoms with Gasteiger partial charge in [-0.05, 0) is 16.6 Å². The van der Waals surface area contributed by atoms with Gasteiger partial charge in [-0.3, -0.25) is 0 Å². The van der Waals surface area contributed by atoms with Crippen LogP contribution in [0.4, 0.5) is 0 Å². The molecule has 1 aliphatic heterocycles. The summed E-state index contributed by atoms with van der Waals surface area (Å²) in [6, 6.07) is 0. The summed E-state index contributed by atoms with van der Waals surface area (Å²) in [7, 11) is -0.0833. The molecule has 0 saturated carbocycles. The molecule has 0 radical (unpaired) electrons. The lowest BCUT2D eigenvalue weighted by molar-refractivity contribution is 1.60. The lowest BCUT2D eigenvalue weighted by Gasteiger charge is -1.84. The molecule has 0 nitrogen and oxygen atoms in total. The average Bonchev–Trinajstić information content (AvgIpc) is 1.91. The van der Waals surface area contributed by atoms with Crippen molar-refractivity contribution in [3.63, 3.8) is 0 Å². The first-order chi connectivity index (χ1) is 3.30. The highest BCUT2D eigenvalue weighted by Crippen LogP contribution is 2.05. The predicted molar refractivity (Wildman–Crippen MR) is 41.1 cm³/mol. The summed E-state index contributed by atoms with van der Waals surface area (Å²) >= 11 is 9.81. The Morgan fingerprint density at radius 1 is 1.71 bits per heavy atom. The van der Waals surface area contributed by atoms with Gasteiger partial charge in [-0.2, -0.15) is 0 Å². The van der Waals surface area contributed by atoms with Crippen LogP contribution in [0.1, 0.15) is 6.42 Å². The van der Waals surface area contributed by atoms with Crippen LogP contribution in [0.25, 0.3) is 0 Å². The third kappa shape index (κ3) is 1.15. The van der Waals surface area contributed by atoms with Crippen molar-refractivity contribution in [2.24, 2.45) is 0 Å². The summed E-state index contributed by atoms with van der Waals surface area (Å²) in [6.07, 6.45) is 2.97. The van der Waals surface area contributed by atoms with Crippen molar-refractivity contribution in [1.29, 1.82) is 0 Å². The molecule has 0 aromatic carbocycles. The molecule has 0 bridgehead atoms. The average molecular weight is 148 g/mol. The van der Waals surface area contributed by atoms with E-state index in [0.717, 1.165) is 10.6 Å². The molecule has 7 heavy (non-hydrogen) atoms. The van der Waals surface area contributed by atoms with E-state index in [0.29, 0.717) is 0 Å². The first kappa shape index (κ1) is 5.54. The highest BCUT2D eigenvalue weighted by Gasteiger charge is 2.01. The van der Waals surface area contributed by atoms with Gasteiger partial charge in [0, 0.05) is 6.42 Å². The van der Waals surface area contributed by atoms with Crippen LogP contribution in [0, 0.1) is 0 Å². The first-order valence-corrected chi connectivity index (χ1v) is 4.53. The minimum atomic E-state index is -0.0833. The van der Waals surface area contributed by atoms with Crippen molar-refractivity contribution in [1.82, 2.24) is 0 Å². The minimum absolute atomic E-state index is 0.0833. The van der Waals surface area contributed by atoms with Gasteiger partial charge in [0.05, 0.1) is 4.20 Å². The second-order valence-corrected chi connectivity index (χ2v) is 4.43. The van der Waals surface area contributed by atoms with Gasteiger partial charge >= 0.3 is 0 Å². The highest BCUT2D eigenvalue weighted by molar-refractivity contribution is 8.43. The van der Waals surface area contributed by atoms with E-state index in [1.165, 1.54) is 0 Å². The van der Waals surface area contributed by atoms with Crippen LogP contribution in [0.5, 0.6) is 0 Å². The highest BCUT2D eigenvalue weighted by atomic mass is 32.8. The van der Waals surface area contributed by atoms with Crippen molar-refractivity contribution in [3.8, 4) is 0 Å². The fourth-order valence-electron chi connectivity index (χ4n) is 0.390. The molecular formula is C4H4S3. The summed E-state index contributed by atoms with van der Waals surface area (Å²) in [5.41, 5.74) is 0. The fourth-order valence-corrected chi connectivity index (χ4v) is 1.78. The molecule has 1 atom stereocenters. The Morgan fingerprint density at radius 2 is 2.43 bits per heavy atom. The van der Waals surface area contributed by atoms with E-state index in [9.17, 15) is 0 Å². The predicted octanol–water partition coefficient (Wildman–Crippen LogP) is 1.31. The molecule has 3 heteroatoms. The minimum Gasteiger partial charge on any atom is -0.0764 e. The van der Waals surface area contributed by atoms with Crippen LogP contribution >= 0.6 is 12.2 Å². The lowest BCUT2D eigenvalue weighted by Crippen LogP contribution is -1.88. The maximum atomic E-state index is 4.92. The normalized spacial score (nSPS) is 29.1. The van der Waals surface area contributed by atoms with Gasteiger partial charge in [0.15, 0.2) is 0 Å². The number of rotatable bonds is 0. The molecule has 0 fully saturated rings. The van der Waals surface area contributed by atoms with Gasteiger partial charge in [0.2, 0.25) is 0 Å². The summed E-state index contributed by atoms with van der Waals surface area (Å²) in [5, 5.41) is 2.00. The van der Waals surface area contributed by atoms with Crippen molar-refractivity contribution < 1.29 is 0 Å². The standard InChI is InChI=1S/C4H4S3/c5-4-2-1-3-7(4)6/h1,3H,2H2. The summed E-state index contributed by atoms with van der Waals surface area (Å²) in [6.45, 7) is 0. The first-order valence-electron chi connectivity index (χ1n) is 1.91. The van der Waals surface area contributed by atoms with E-state index in [-0.39, 0.29) is 9.45 Å². The maximum Gasteiger partial charge on any atom is 0.0601 e. The zero-order valence-electron chi connectivity index (χ0n) is 3.59. The summed E-state index contributed by atoms with van der Waals surface area (Å²) in [4.78, 5) is 0. The SMILES string of the molecule is S=C1CC=CS1=S. The van der Waals surface area contributed by atoms with Gasteiger partial charge in [0.1, 0.15) is 0 Å². The number of allylic oxidation sites excluding steroid dienone is 1. The van der Waals surface area contributed by atoms with Gasteiger partial charge in [-0.15, -0.1) is 0 Å². The summed E-state index contributed by atoms with van der Waals surface area (Å²) in [5.74, 6) is 0. The molecule has 0 aromatic rings. The smallest absolute Gasteiger partial charge is 0.0601 e. The molecular weight excluding hydrogens is 144 g/mol. The monoisotopic (exact) mass is 148 g/mol. The Balaban J connectivity index is 2.81. The van der Waals surface area contributed by atoms with E-state index < -0.39 is 0 Å². The molecule has 0 spiro atoms. The molecule has 38 valence electrons. The maximum absolute atomic E-state index is 4.92. The van der Waals surface area contributed by atoms with Crippen LogP contribution in [-0.2, 0) is 20.6 Å². The van der Waals surface area contributed by atoms with E-state index in [1.807, 2.05) is 11.5 Å². The van der Waals surface area contributed by atoms with Crippen molar-refractivity contribution >= 4 is 37.1 Å². The number of hydrogen-bond acceptors (Lipinski definition) is 2. The Hall–Kier alpha value is 0.400. The van der Waals surface area contributed by atoms with Crippen LogP contribution < -0.4 is 0 Å². The molecule has 1 heterocycles. The molecule has 1 rings (SSSR count). The second kappa shape index (κ2) is 2.11. The van der Waals surface area contributed by atoms with E-state index in [1.54, 1.807) is 0 Å². The second-order valence-electron chi connectivity index (χ2n) is 1.25. The number of thiocarbonyl (C=S) groups is 1. The van der Waals surface area contributed by atoms with E-state index in [4.69, 9.17) is 23.4 Å². The summed E-state index contributed by atoms with van der Waals surface area (Å²) < 4.78 is 1.02. The Bertz CT molecular complexity index is 145. The van der Waals surface area contributed by atoms with Gasteiger partial charge in [-0.25, -0.2) is 0 Å². The quantitative estimate of drug-likeness (QED) is 0.475. The molecule has 0 aliphatic carbocycles. The van der Waals surface area contributed by atoms with Crippen LogP contribution in [0.3, 0.4) is 0 Å². The zero-order valence-corrected chi connectivity index (χ0v) is 6.04. The third-order valence-corrected chi connectivity index (χ3v) is 3.74. The van der Waals surface area contributed by atoms with Gasteiger partial charge < -0.3 is 0 Å². The molecule has 1 aliphatic rings. The van der Waals surface area contributed by atoms with Crippen molar-refractivity contribution in [2.75, 3.05) is 0 Å². The Morgan fingerprint density at radius 3 is 2.57 bits per heavy atom. The van der Waals surface area contributed by atoms with Crippen LogP contribution in [0.2, 0.25) is 0 Å². The molecule has 0 aromatic heterocycles. The largest absolute Gasteiger partial charge is 0.0764 e. The number of hydrogen-bond donors (Lipinski definition) is 0. The van der Waals surface area contributed by atoms with Gasteiger partial charge in [0.25, 0.3) is 0 Å².